The minimum Gasteiger partial charge on any atom is -0.850 e. The van der Waals surface area contributed by atoms with E-state index >= 15 is 0 Å². The molecule has 0 aliphatic heterocycles. The van der Waals surface area contributed by atoms with E-state index in [1.807, 2.05) is 0 Å². The van der Waals surface area contributed by atoms with Crippen molar-refractivity contribution in [2.75, 3.05) is 6.61 Å². The zero-order valence-corrected chi connectivity index (χ0v) is 16.8. The molecule has 0 aliphatic rings. The zero-order valence-electron chi connectivity index (χ0n) is 14.4. The van der Waals surface area contributed by atoms with Crippen LogP contribution in [0, 0.1) is 0 Å². The Morgan fingerprint density at radius 2 is 0.632 bits per heavy atom. The Labute approximate surface area is 139 Å². The van der Waals surface area contributed by atoms with Crippen LogP contribution in [-0.4, -0.2) is 28.5 Å². The molecule has 0 saturated heterocycles. The van der Waals surface area contributed by atoms with Crippen molar-refractivity contribution in [2.45, 2.75) is 86.0 Å². The van der Waals surface area contributed by atoms with Crippen LogP contribution in [0.25, 0.3) is 0 Å². The molecule has 5 heteroatoms. The standard InChI is InChI=1S/3C4H9O.C2H6O.Zr/c3*1-4(2,3)5;1-2-3;/h3*1-3H3;3H,2H2,1H3;/q3*-1;;+3. The van der Waals surface area contributed by atoms with Gasteiger partial charge in [-0.3, -0.25) is 0 Å². The zero-order chi connectivity index (χ0) is 16.2. The molecule has 1 N–H and O–H groups in total. The monoisotopic (exact) mass is 355 g/mol. The minimum atomic E-state index is -0.750. The fourth-order valence-electron chi connectivity index (χ4n) is 0. The molecular formula is C14H33O4Zr. The van der Waals surface area contributed by atoms with Crippen molar-refractivity contribution in [3.8, 4) is 0 Å². The predicted octanol–water partition coefficient (Wildman–Crippen LogP) is 0.432. The van der Waals surface area contributed by atoms with Crippen LogP contribution in [0.1, 0.15) is 69.2 Å². The summed E-state index contributed by atoms with van der Waals surface area (Å²) in [6.45, 7) is 16.6. The van der Waals surface area contributed by atoms with Gasteiger partial charge in [-0.05, 0) is 6.92 Å². The molecule has 0 bridgehead atoms. The maximum Gasteiger partial charge on any atom is 3.00 e. The summed E-state index contributed by atoms with van der Waals surface area (Å²) < 4.78 is 0. The Kier molecular flexibility index (Phi) is 25.4. The van der Waals surface area contributed by atoms with Crippen LogP contribution in [-0.2, 0) is 26.2 Å². The molecule has 0 atom stereocenters. The van der Waals surface area contributed by atoms with Crippen molar-refractivity contribution in [3.05, 3.63) is 0 Å². The van der Waals surface area contributed by atoms with Gasteiger partial charge in [0.2, 0.25) is 0 Å². The molecule has 0 unspecified atom stereocenters. The third-order valence-electron chi connectivity index (χ3n) is 0. The largest absolute Gasteiger partial charge is 3.00 e. The fourth-order valence-corrected chi connectivity index (χ4v) is 0. The third kappa shape index (κ3) is 10000. The van der Waals surface area contributed by atoms with Crippen LogP contribution in [0.2, 0.25) is 0 Å². The Bertz CT molecular complexity index is 106. The number of hydrogen-bond acceptors (Lipinski definition) is 4. The molecule has 0 aliphatic carbocycles. The van der Waals surface area contributed by atoms with Gasteiger partial charge in [-0.15, -0.1) is 16.8 Å². The van der Waals surface area contributed by atoms with Crippen molar-refractivity contribution in [1.29, 1.82) is 0 Å². The smallest absolute Gasteiger partial charge is 0.850 e. The van der Waals surface area contributed by atoms with Gasteiger partial charge < -0.3 is 20.4 Å². The summed E-state index contributed by atoms with van der Waals surface area (Å²) in [4.78, 5) is 0. The SMILES string of the molecule is CC(C)(C)[O-].CC(C)(C)[O-].CC(C)(C)[O-].CCO.[Zr+3]. The van der Waals surface area contributed by atoms with E-state index < -0.39 is 16.8 Å². The van der Waals surface area contributed by atoms with Gasteiger partial charge in [-0.2, -0.15) is 0 Å². The van der Waals surface area contributed by atoms with Gasteiger partial charge in [0, 0.05) is 6.61 Å². The summed E-state index contributed by atoms with van der Waals surface area (Å²) in [6.07, 6.45) is 0. The van der Waals surface area contributed by atoms with E-state index in [4.69, 9.17) is 5.11 Å². The molecule has 0 aromatic carbocycles. The first kappa shape index (κ1) is 31.9. The average Bonchev–Trinajstić information content (AvgIpc) is 1.71. The van der Waals surface area contributed by atoms with Gasteiger partial charge in [0.25, 0.3) is 0 Å². The van der Waals surface area contributed by atoms with Crippen molar-refractivity contribution in [2.24, 2.45) is 0 Å². The minimum absolute atomic E-state index is 0. The first-order valence-electron chi connectivity index (χ1n) is 6.14. The molecule has 0 rings (SSSR count). The van der Waals surface area contributed by atoms with E-state index in [2.05, 4.69) is 0 Å². The van der Waals surface area contributed by atoms with Crippen LogP contribution in [0.15, 0.2) is 0 Å². The maximum atomic E-state index is 10.1. The molecule has 0 spiro atoms. The Hall–Kier alpha value is 0.723. The molecule has 4 nitrogen and oxygen atoms in total. The summed E-state index contributed by atoms with van der Waals surface area (Å²) in [5.41, 5.74) is -2.25. The van der Waals surface area contributed by atoms with E-state index in [9.17, 15) is 15.3 Å². The second kappa shape index (κ2) is 15.1. The molecule has 0 amide bonds. The van der Waals surface area contributed by atoms with Gasteiger partial charge in [0.1, 0.15) is 0 Å². The van der Waals surface area contributed by atoms with Crippen LogP contribution in [0.5, 0.6) is 0 Å². The molecule has 19 heavy (non-hydrogen) atoms. The van der Waals surface area contributed by atoms with Crippen molar-refractivity contribution >= 4 is 0 Å². The first-order valence-corrected chi connectivity index (χ1v) is 6.14. The molecule has 117 valence electrons. The van der Waals surface area contributed by atoms with Crippen molar-refractivity contribution in [3.63, 3.8) is 0 Å². The summed E-state index contributed by atoms with van der Waals surface area (Å²) in [5.74, 6) is 0. The Morgan fingerprint density at radius 3 is 0.632 bits per heavy atom. The summed E-state index contributed by atoms with van der Waals surface area (Å²) in [5, 5.41) is 37.9. The van der Waals surface area contributed by atoms with Gasteiger partial charge in [0.15, 0.2) is 0 Å². The number of aliphatic hydroxyl groups is 1. The summed E-state index contributed by atoms with van der Waals surface area (Å²) >= 11 is 0. The number of rotatable bonds is 0. The summed E-state index contributed by atoms with van der Waals surface area (Å²) in [7, 11) is 0. The molecule has 0 heterocycles. The third-order valence-corrected chi connectivity index (χ3v) is 0. The van der Waals surface area contributed by atoms with E-state index in [-0.39, 0.29) is 32.8 Å². The summed E-state index contributed by atoms with van der Waals surface area (Å²) in [6, 6.07) is 0. The van der Waals surface area contributed by atoms with Crippen molar-refractivity contribution in [1.82, 2.24) is 0 Å². The van der Waals surface area contributed by atoms with Gasteiger partial charge in [-0.1, -0.05) is 62.3 Å². The first-order chi connectivity index (χ1) is 7.41. The van der Waals surface area contributed by atoms with E-state index in [1.54, 1.807) is 69.2 Å². The van der Waals surface area contributed by atoms with Crippen LogP contribution >= 0.6 is 0 Å². The Morgan fingerprint density at radius 1 is 0.632 bits per heavy atom. The van der Waals surface area contributed by atoms with Crippen LogP contribution < -0.4 is 15.3 Å². The maximum absolute atomic E-state index is 10.1. The molecular weight excluding hydrogens is 323 g/mol. The molecule has 0 aromatic rings. The predicted molar refractivity (Wildman–Crippen MR) is 72.0 cm³/mol. The number of aliphatic hydroxyl groups excluding tert-OH is 1. The van der Waals surface area contributed by atoms with Crippen molar-refractivity contribution < 1.29 is 46.6 Å². The fraction of sp³-hybridized carbons (Fsp3) is 1.00. The van der Waals surface area contributed by atoms with Gasteiger partial charge in [0.05, 0.1) is 0 Å². The van der Waals surface area contributed by atoms with Gasteiger partial charge >= 0.3 is 26.2 Å². The molecule has 0 aromatic heterocycles. The van der Waals surface area contributed by atoms with Gasteiger partial charge in [-0.25, -0.2) is 0 Å². The number of hydrogen-bond donors (Lipinski definition) is 1. The quantitative estimate of drug-likeness (QED) is 0.681. The molecule has 0 saturated carbocycles. The normalized spacial score (nSPS) is 10.4. The van der Waals surface area contributed by atoms with E-state index in [0.717, 1.165) is 0 Å². The molecule has 1 radical (unpaired) electrons. The second-order valence-electron chi connectivity index (χ2n) is 6.65. The van der Waals surface area contributed by atoms with Crippen LogP contribution in [0.4, 0.5) is 0 Å². The van der Waals surface area contributed by atoms with E-state index in [1.165, 1.54) is 0 Å². The average molecular weight is 357 g/mol. The topological polar surface area (TPSA) is 89.4 Å². The second-order valence-corrected chi connectivity index (χ2v) is 6.65. The Balaban J connectivity index is -0.0000000458. The van der Waals surface area contributed by atoms with E-state index in [0.29, 0.717) is 0 Å². The molecule has 0 fully saturated rings. The van der Waals surface area contributed by atoms with Crippen LogP contribution in [0.3, 0.4) is 0 Å².